The molecule has 0 rings (SSSR count). The van der Waals surface area contributed by atoms with Crippen molar-refractivity contribution in [2.24, 2.45) is 0 Å². The van der Waals surface area contributed by atoms with Gasteiger partial charge < -0.3 is 5.11 Å². The first kappa shape index (κ1) is 24.3. The molecule has 0 aliphatic carbocycles. The van der Waals surface area contributed by atoms with E-state index >= 15 is 0 Å². The number of sulfonamides is 1. The van der Waals surface area contributed by atoms with E-state index < -0.39 is 63.4 Å². The van der Waals surface area contributed by atoms with E-state index in [1.54, 1.807) is 0 Å². The summed E-state index contributed by atoms with van der Waals surface area (Å²) in [7, 11) is -6.90. The highest BCUT2D eigenvalue weighted by Gasteiger charge is 2.85. The molecule has 0 aliphatic heterocycles. The molecule has 0 saturated carbocycles. The lowest BCUT2D eigenvalue weighted by molar-refractivity contribution is -0.382. The largest absolute Gasteiger partial charge is 0.478 e. The summed E-state index contributed by atoms with van der Waals surface area (Å²) in [5.74, 6) is -16.6. The van der Waals surface area contributed by atoms with E-state index in [0.717, 1.165) is 13.8 Å². The molecule has 0 spiro atoms. The van der Waals surface area contributed by atoms with E-state index in [1.165, 1.54) is 0 Å². The molecule has 0 aromatic carbocycles. The number of halogens is 9. The Bertz CT molecular complexity index is 682. The molecule has 5 nitrogen and oxygen atoms in total. The van der Waals surface area contributed by atoms with Crippen molar-refractivity contribution in [2.45, 2.75) is 50.0 Å². The van der Waals surface area contributed by atoms with E-state index in [4.69, 9.17) is 5.11 Å². The standard InChI is InChI=1S/C11H12F9NO4S/c1-3-5(7(22)23)6(4-2)21-26(24,25)11(19,20)9(14,15)8(12,13)10(16,17)18/h21H,3-4H2,1-2H3,(H,22,23). The van der Waals surface area contributed by atoms with Crippen LogP contribution in [0.5, 0.6) is 0 Å². The van der Waals surface area contributed by atoms with Crippen molar-refractivity contribution in [3.8, 4) is 0 Å². The Kier molecular flexibility index (Phi) is 6.69. The van der Waals surface area contributed by atoms with Crippen LogP contribution in [0.15, 0.2) is 11.3 Å². The van der Waals surface area contributed by atoms with Gasteiger partial charge in [0.25, 0.3) is 0 Å². The SMILES string of the molecule is CCC(NS(=O)(=O)C(F)(F)C(F)(F)C(F)(F)C(F)(F)F)=C(CC)C(=O)O. The molecule has 0 unspecified atom stereocenters. The number of carboxylic acids is 1. The van der Waals surface area contributed by atoms with Crippen molar-refractivity contribution in [1.82, 2.24) is 4.72 Å². The molecule has 0 amide bonds. The van der Waals surface area contributed by atoms with Crippen molar-refractivity contribution in [3.63, 3.8) is 0 Å². The summed E-state index contributed by atoms with van der Waals surface area (Å²) in [4.78, 5) is 10.9. The predicted octanol–water partition coefficient (Wildman–Crippen LogP) is 3.49. The first-order valence-electron chi connectivity index (χ1n) is 6.49. The van der Waals surface area contributed by atoms with Crippen LogP contribution in [0, 0.1) is 0 Å². The second-order valence-corrected chi connectivity index (χ2v) is 6.46. The Morgan fingerprint density at radius 2 is 1.31 bits per heavy atom. The van der Waals surface area contributed by atoms with Crippen molar-refractivity contribution >= 4 is 16.0 Å². The van der Waals surface area contributed by atoms with Crippen LogP contribution >= 0.6 is 0 Å². The van der Waals surface area contributed by atoms with Gasteiger partial charge in [0.1, 0.15) is 0 Å². The van der Waals surface area contributed by atoms with Crippen molar-refractivity contribution in [2.75, 3.05) is 0 Å². The topological polar surface area (TPSA) is 83.5 Å². The quantitative estimate of drug-likeness (QED) is 0.461. The summed E-state index contributed by atoms with van der Waals surface area (Å²) in [6, 6.07) is 0. The zero-order chi connectivity index (χ0) is 21.4. The Morgan fingerprint density at radius 3 is 1.58 bits per heavy atom. The average Bonchev–Trinajstić information content (AvgIpc) is 2.44. The Labute approximate surface area is 140 Å². The highest BCUT2D eigenvalue weighted by molar-refractivity contribution is 7.90. The monoisotopic (exact) mass is 425 g/mol. The molecule has 0 aliphatic rings. The van der Waals surface area contributed by atoms with Gasteiger partial charge in [0.05, 0.1) is 5.57 Å². The molecule has 26 heavy (non-hydrogen) atoms. The summed E-state index contributed by atoms with van der Waals surface area (Å²) in [5.41, 5.74) is -1.96. The third-order valence-corrected chi connectivity index (χ3v) is 4.49. The van der Waals surface area contributed by atoms with Crippen LogP contribution < -0.4 is 4.72 Å². The van der Waals surface area contributed by atoms with Crippen molar-refractivity contribution < 1.29 is 57.8 Å². The maximum atomic E-state index is 13.5. The van der Waals surface area contributed by atoms with Gasteiger partial charge in [-0.2, -0.15) is 47.9 Å². The summed E-state index contributed by atoms with van der Waals surface area (Å²) in [6.45, 7) is 2.11. The van der Waals surface area contributed by atoms with Crippen LogP contribution in [-0.4, -0.2) is 42.8 Å². The number of hydrogen-bond acceptors (Lipinski definition) is 3. The summed E-state index contributed by atoms with van der Waals surface area (Å²) < 4.78 is 138. The fraction of sp³-hybridized carbons (Fsp3) is 0.727. The van der Waals surface area contributed by atoms with Gasteiger partial charge in [-0.15, -0.1) is 0 Å². The fourth-order valence-corrected chi connectivity index (χ4v) is 2.78. The zero-order valence-corrected chi connectivity index (χ0v) is 13.7. The van der Waals surface area contributed by atoms with Crippen LogP contribution in [0.3, 0.4) is 0 Å². The molecule has 0 fully saturated rings. The first-order chi connectivity index (χ1) is 11.3. The van der Waals surface area contributed by atoms with Gasteiger partial charge in [-0.3, -0.25) is 4.72 Å². The number of carbonyl (C=O) groups is 1. The van der Waals surface area contributed by atoms with Gasteiger partial charge in [0.2, 0.25) is 0 Å². The minimum atomic E-state index is -7.39. The molecule has 15 heteroatoms. The van der Waals surface area contributed by atoms with Gasteiger partial charge in [-0.25, -0.2) is 4.79 Å². The molecule has 154 valence electrons. The summed E-state index contributed by atoms with van der Waals surface area (Å²) in [5, 5.41) is 1.84. The second-order valence-electron chi connectivity index (χ2n) is 4.74. The van der Waals surface area contributed by atoms with Gasteiger partial charge in [0, 0.05) is 5.70 Å². The minimum absolute atomic E-state index is 0.498. The molecule has 0 aromatic heterocycles. The maximum Gasteiger partial charge on any atom is 0.460 e. The van der Waals surface area contributed by atoms with E-state index in [9.17, 15) is 52.7 Å². The Balaban J connectivity index is 6.33. The van der Waals surface area contributed by atoms with E-state index in [0.29, 0.717) is 4.72 Å². The number of allylic oxidation sites excluding steroid dienone is 1. The number of hydrogen-bond donors (Lipinski definition) is 2. The lowest BCUT2D eigenvalue weighted by atomic mass is 10.1. The number of rotatable bonds is 8. The highest BCUT2D eigenvalue weighted by atomic mass is 32.2. The predicted molar refractivity (Wildman–Crippen MR) is 68.2 cm³/mol. The Morgan fingerprint density at radius 1 is 0.885 bits per heavy atom. The van der Waals surface area contributed by atoms with Crippen LogP contribution in [0.4, 0.5) is 39.5 Å². The van der Waals surface area contributed by atoms with Gasteiger partial charge in [-0.1, -0.05) is 13.8 Å². The van der Waals surface area contributed by atoms with Crippen molar-refractivity contribution in [1.29, 1.82) is 0 Å². The van der Waals surface area contributed by atoms with E-state index in [1.807, 2.05) is 0 Å². The molecular formula is C11H12F9NO4S. The first-order valence-corrected chi connectivity index (χ1v) is 7.97. The average molecular weight is 425 g/mol. The van der Waals surface area contributed by atoms with Crippen LogP contribution in [0.25, 0.3) is 0 Å². The smallest absolute Gasteiger partial charge is 0.460 e. The van der Waals surface area contributed by atoms with Crippen LogP contribution in [0.1, 0.15) is 26.7 Å². The second kappa shape index (κ2) is 7.15. The van der Waals surface area contributed by atoms with Gasteiger partial charge in [-0.05, 0) is 12.8 Å². The van der Waals surface area contributed by atoms with Crippen LogP contribution in [-0.2, 0) is 14.8 Å². The molecule has 0 saturated heterocycles. The molecule has 0 bridgehead atoms. The van der Waals surface area contributed by atoms with E-state index in [-0.39, 0.29) is 0 Å². The molecule has 0 radical (unpaired) electrons. The number of aliphatic carboxylic acids is 1. The number of alkyl halides is 9. The Hall–Kier alpha value is -1.67. The lowest BCUT2D eigenvalue weighted by Gasteiger charge is -2.33. The molecular weight excluding hydrogens is 413 g/mol. The number of carboxylic acid groups (broad SMARTS) is 1. The summed E-state index contributed by atoms with van der Waals surface area (Å²) >= 11 is 0. The van der Waals surface area contributed by atoms with Crippen molar-refractivity contribution in [3.05, 3.63) is 11.3 Å². The van der Waals surface area contributed by atoms with Gasteiger partial charge in [0.15, 0.2) is 0 Å². The molecule has 0 atom stereocenters. The maximum absolute atomic E-state index is 13.5. The van der Waals surface area contributed by atoms with E-state index in [2.05, 4.69) is 0 Å². The lowest BCUT2D eigenvalue weighted by Crippen LogP contribution is -2.64. The molecule has 0 aromatic rings. The molecule has 0 heterocycles. The summed E-state index contributed by atoms with van der Waals surface area (Å²) in [6.07, 6.45) is -8.36. The molecule has 2 N–H and O–H groups in total. The number of nitrogens with one attached hydrogen (secondary N) is 1. The zero-order valence-electron chi connectivity index (χ0n) is 12.9. The highest BCUT2D eigenvalue weighted by Crippen LogP contribution is 2.54. The fourth-order valence-electron chi connectivity index (χ4n) is 1.60. The van der Waals surface area contributed by atoms with Gasteiger partial charge >= 0.3 is 39.3 Å². The third-order valence-electron chi connectivity index (χ3n) is 3.04. The normalized spacial score (nSPS) is 15.5. The van der Waals surface area contributed by atoms with Crippen LogP contribution in [0.2, 0.25) is 0 Å². The minimum Gasteiger partial charge on any atom is -0.478 e. The third kappa shape index (κ3) is 3.86.